The van der Waals surface area contributed by atoms with Crippen LogP contribution in [0.1, 0.15) is 19.8 Å². The quantitative estimate of drug-likeness (QED) is 0.420. The lowest BCUT2D eigenvalue weighted by Gasteiger charge is -2.09. The fourth-order valence-corrected chi connectivity index (χ4v) is 1.77. The summed E-state index contributed by atoms with van der Waals surface area (Å²) in [7, 11) is -2.01. The number of carboxylic acids is 1. The molecule has 1 atom stereocenters. The van der Waals surface area contributed by atoms with E-state index in [1.807, 2.05) is 0 Å². The van der Waals surface area contributed by atoms with Gasteiger partial charge in [0, 0.05) is 13.1 Å². The summed E-state index contributed by atoms with van der Waals surface area (Å²) in [4.78, 5) is 21.8. The fraction of sp³-hybridized carbons (Fsp3) is 0.800. The van der Waals surface area contributed by atoms with Crippen LogP contribution in [0.15, 0.2) is 0 Å². The molecule has 0 radical (unpaired) electrons. The van der Waals surface area contributed by atoms with Crippen molar-refractivity contribution in [3.63, 3.8) is 0 Å². The molecule has 2 amide bonds. The van der Waals surface area contributed by atoms with Gasteiger partial charge in [-0.3, -0.25) is 4.79 Å². The number of aliphatic carboxylic acids is 1. The normalized spacial score (nSPS) is 12.7. The van der Waals surface area contributed by atoms with Gasteiger partial charge in [-0.05, 0) is 19.9 Å². The molecule has 0 aromatic heterocycles. The highest BCUT2D eigenvalue weighted by atomic mass is 32.2. The minimum Gasteiger partial charge on any atom is -0.481 e. The number of urea groups is 1. The van der Waals surface area contributed by atoms with Crippen LogP contribution in [0.4, 0.5) is 4.79 Å². The first-order valence-corrected chi connectivity index (χ1v) is 7.59. The topological polar surface area (TPSA) is 125 Å². The van der Waals surface area contributed by atoms with Crippen molar-refractivity contribution in [1.29, 1.82) is 0 Å². The Labute approximate surface area is 113 Å². The number of nitrogens with one attached hydrogen (secondary N) is 3. The molecule has 0 spiro atoms. The second-order valence-electron chi connectivity index (χ2n) is 4.09. The zero-order valence-corrected chi connectivity index (χ0v) is 11.9. The molecular formula is C10H21N3O5S. The monoisotopic (exact) mass is 295 g/mol. The number of rotatable bonds is 9. The summed E-state index contributed by atoms with van der Waals surface area (Å²) < 4.78 is 24.2. The van der Waals surface area contributed by atoms with E-state index in [1.165, 1.54) is 7.05 Å². The number of hydrogen-bond donors (Lipinski definition) is 4. The number of amides is 2. The van der Waals surface area contributed by atoms with E-state index in [2.05, 4.69) is 15.4 Å². The third kappa shape index (κ3) is 9.25. The summed E-state index contributed by atoms with van der Waals surface area (Å²) in [5.74, 6) is -1.49. The van der Waals surface area contributed by atoms with Crippen molar-refractivity contribution in [2.24, 2.45) is 5.92 Å². The molecule has 0 fully saturated rings. The molecule has 0 bridgehead atoms. The van der Waals surface area contributed by atoms with Gasteiger partial charge >= 0.3 is 12.0 Å². The van der Waals surface area contributed by atoms with Crippen LogP contribution in [-0.2, 0) is 14.8 Å². The average molecular weight is 295 g/mol. The standard InChI is InChI=1S/C10H21N3O5S/c1-8(9(14)15)4-3-5-12-10(16)13-6-7-19(17,18)11-2/h8,11H,3-7H2,1-2H3,(H,14,15)(H2,12,13,16). The molecule has 9 heteroatoms. The van der Waals surface area contributed by atoms with E-state index >= 15 is 0 Å². The van der Waals surface area contributed by atoms with Crippen LogP contribution in [0, 0.1) is 5.92 Å². The lowest BCUT2D eigenvalue weighted by atomic mass is 10.1. The molecule has 0 rings (SSSR count). The van der Waals surface area contributed by atoms with Gasteiger partial charge in [0.05, 0.1) is 11.7 Å². The molecule has 112 valence electrons. The predicted octanol–water partition coefficient (Wildman–Crippen LogP) is -0.664. The molecule has 1 unspecified atom stereocenters. The van der Waals surface area contributed by atoms with Gasteiger partial charge < -0.3 is 15.7 Å². The third-order valence-corrected chi connectivity index (χ3v) is 3.85. The number of carbonyl (C=O) groups excluding carboxylic acids is 1. The van der Waals surface area contributed by atoms with Crippen LogP contribution in [0.5, 0.6) is 0 Å². The number of carboxylic acid groups (broad SMARTS) is 1. The van der Waals surface area contributed by atoms with Gasteiger partial charge in [-0.25, -0.2) is 17.9 Å². The average Bonchev–Trinajstić information content (AvgIpc) is 2.34. The van der Waals surface area contributed by atoms with E-state index in [-0.39, 0.29) is 12.3 Å². The maximum atomic E-state index is 11.2. The van der Waals surface area contributed by atoms with Crippen LogP contribution in [0.2, 0.25) is 0 Å². The molecule has 19 heavy (non-hydrogen) atoms. The summed E-state index contributed by atoms with van der Waals surface area (Å²) in [6.07, 6.45) is 1.03. The Bertz CT molecular complexity index is 396. The smallest absolute Gasteiger partial charge is 0.314 e. The molecule has 8 nitrogen and oxygen atoms in total. The third-order valence-electron chi connectivity index (χ3n) is 2.49. The molecule has 0 aliphatic heterocycles. The molecule has 0 saturated heterocycles. The van der Waals surface area contributed by atoms with Crippen LogP contribution >= 0.6 is 0 Å². The van der Waals surface area contributed by atoms with Gasteiger partial charge in [-0.2, -0.15) is 0 Å². The zero-order chi connectivity index (χ0) is 14.9. The Morgan fingerprint density at radius 2 is 1.79 bits per heavy atom. The molecular weight excluding hydrogens is 274 g/mol. The largest absolute Gasteiger partial charge is 0.481 e. The summed E-state index contributed by atoms with van der Waals surface area (Å²) in [5.41, 5.74) is 0. The van der Waals surface area contributed by atoms with Crippen molar-refractivity contribution >= 4 is 22.0 Å². The van der Waals surface area contributed by atoms with Gasteiger partial charge in [0.2, 0.25) is 10.0 Å². The molecule has 0 aromatic rings. The number of sulfonamides is 1. The first-order chi connectivity index (χ1) is 8.78. The number of hydrogen-bond acceptors (Lipinski definition) is 4. The van der Waals surface area contributed by atoms with Gasteiger partial charge in [0.15, 0.2) is 0 Å². The Balaban J connectivity index is 3.64. The molecule has 4 N–H and O–H groups in total. The Kier molecular flexibility index (Phi) is 8.08. The predicted molar refractivity (Wildman–Crippen MR) is 70.3 cm³/mol. The van der Waals surface area contributed by atoms with E-state index in [1.54, 1.807) is 6.92 Å². The van der Waals surface area contributed by atoms with E-state index in [0.29, 0.717) is 19.4 Å². The second-order valence-corrected chi connectivity index (χ2v) is 6.13. The molecule has 0 heterocycles. The SMILES string of the molecule is CNS(=O)(=O)CCNC(=O)NCCCC(C)C(=O)O. The van der Waals surface area contributed by atoms with Crippen molar-refractivity contribution in [3.8, 4) is 0 Å². The maximum absolute atomic E-state index is 11.2. The summed E-state index contributed by atoms with van der Waals surface area (Å²) in [6, 6.07) is -0.464. The highest BCUT2D eigenvalue weighted by Gasteiger charge is 2.10. The van der Waals surface area contributed by atoms with E-state index in [0.717, 1.165) is 0 Å². The minimum atomic E-state index is -3.32. The van der Waals surface area contributed by atoms with Crippen molar-refractivity contribution in [2.45, 2.75) is 19.8 Å². The number of carbonyl (C=O) groups is 2. The first kappa shape index (κ1) is 17.6. The lowest BCUT2D eigenvalue weighted by Crippen LogP contribution is -2.39. The van der Waals surface area contributed by atoms with Crippen molar-refractivity contribution in [2.75, 3.05) is 25.9 Å². The minimum absolute atomic E-state index is 0.0144. The lowest BCUT2D eigenvalue weighted by molar-refractivity contribution is -0.141. The van der Waals surface area contributed by atoms with Crippen LogP contribution < -0.4 is 15.4 Å². The first-order valence-electron chi connectivity index (χ1n) is 5.94. The highest BCUT2D eigenvalue weighted by molar-refractivity contribution is 7.89. The Hall–Kier alpha value is -1.35. The van der Waals surface area contributed by atoms with E-state index in [4.69, 9.17) is 5.11 Å². The summed E-state index contributed by atoms with van der Waals surface area (Å²) >= 11 is 0. The van der Waals surface area contributed by atoms with Gasteiger partial charge in [-0.15, -0.1) is 0 Å². The van der Waals surface area contributed by atoms with Crippen molar-refractivity contribution in [3.05, 3.63) is 0 Å². The molecule has 0 aliphatic rings. The Morgan fingerprint density at radius 1 is 1.21 bits per heavy atom. The summed E-state index contributed by atoms with van der Waals surface area (Å²) in [5, 5.41) is 13.6. The molecule has 0 saturated carbocycles. The van der Waals surface area contributed by atoms with Crippen LogP contribution in [0.25, 0.3) is 0 Å². The van der Waals surface area contributed by atoms with Crippen molar-refractivity contribution in [1.82, 2.24) is 15.4 Å². The van der Waals surface area contributed by atoms with Crippen molar-refractivity contribution < 1.29 is 23.1 Å². The second kappa shape index (κ2) is 8.70. The van der Waals surface area contributed by atoms with Gasteiger partial charge in [0.1, 0.15) is 0 Å². The van der Waals surface area contributed by atoms with E-state index in [9.17, 15) is 18.0 Å². The van der Waals surface area contributed by atoms with Gasteiger partial charge in [0.25, 0.3) is 0 Å². The zero-order valence-electron chi connectivity index (χ0n) is 11.1. The molecule has 0 aliphatic carbocycles. The van der Waals surface area contributed by atoms with E-state index < -0.39 is 27.9 Å². The van der Waals surface area contributed by atoms with Gasteiger partial charge in [-0.1, -0.05) is 6.92 Å². The highest BCUT2D eigenvalue weighted by Crippen LogP contribution is 2.03. The van der Waals surface area contributed by atoms with Crippen LogP contribution in [-0.4, -0.2) is 51.4 Å². The van der Waals surface area contributed by atoms with Crippen LogP contribution in [0.3, 0.4) is 0 Å². The summed E-state index contributed by atoms with van der Waals surface area (Å²) in [6.45, 7) is 1.97. The maximum Gasteiger partial charge on any atom is 0.314 e. The Morgan fingerprint density at radius 3 is 2.32 bits per heavy atom. The fourth-order valence-electron chi connectivity index (χ4n) is 1.20. The molecule has 0 aromatic carbocycles.